The maximum Gasteiger partial charge on any atom is 0.317 e. The lowest BCUT2D eigenvalue weighted by Crippen LogP contribution is -2.22. The molecule has 1 fully saturated rings. The monoisotopic (exact) mass is 180 g/mol. The molecule has 13 heavy (non-hydrogen) atoms. The van der Waals surface area contributed by atoms with Crippen molar-refractivity contribution >= 4 is 5.97 Å². The lowest BCUT2D eigenvalue weighted by molar-refractivity contribution is -0.143. The van der Waals surface area contributed by atoms with E-state index in [2.05, 4.69) is 4.98 Å². The first-order valence-electron chi connectivity index (χ1n) is 4.26. The number of hydrogen-bond acceptors (Lipinski definition) is 3. The van der Waals surface area contributed by atoms with Crippen molar-refractivity contribution in [1.82, 2.24) is 9.55 Å². The number of esters is 1. The number of carbonyl (C=O) groups excluding carboxylic acids is 1. The molecule has 0 atom stereocenters. The molecule has 1 aliphatic carbocycles. The van der Waals surface area contributed by atoms with E-state index < -0.39 is 5.41 Å². The van der Waals surface area contributed by atoms with Crippen LogP contribution in [0.15, 0.2) is 12.5 Å². The second-order valence-corrected chi connectivity index (χ2v) is 3.50. The summed E-state index contributed by atoms with van der Waals surface area (Å²) in [5.74, 6) is -0.161. The summed E-state index contributed by atoms with van der Waals surface area (Å²) in [5, 5.41) is 0. The summed E-state index contributed by atoms with van der Waals surface area (Å²) in [7, 11) is 3.31. The predicted octanol–water partition coefficient (Wildman–Crippen LogP) is 0.625. The van der Waals surface area contributed by atoms with Gasteiger partial charge in [0.2, 0.25) is 0 Å². The van der Waals surface area contributed by atoms with Gasteiger partial charge in [-0.2, -0.15) is 0 Å². The Morgan fingerprint density at radius 1 is 1.69 bits per heavy atom. The van der Waals surface area contributed by atoms with Crippen molar-refractivity contribution in [2.75, 3.05) is 7.11 Å². The van der Waals surface area contributed by atoms with E-state index in [0.717, 1.165) is 18.5 Å². The van der Waals surface area contributed by atoms with Crippen LogP contribution in [0.3, 0.4) is 0 Å². The number of ether oxygens (including phenoxy) is 1. The minimum absolute atomic E-state index is 0.161. The van der Waals surface area contributed by atoms with Crippen LogP contribution in [-0.2, 0) is 22.0 Å². The highest BCUT2D eigenvalue weighted by molar-refractivity contribution is 5.85. The van der Waals surface area contributed by atoms with Gasteiger partial charge in [-0.05, 0) is 12.8 Å². The molecule has 1 aromatic heterocycles. The van der Waals surface area contributed by atoms with Crippen molar-refractivity contribution in [2.24, 2.45) is 7.05 Å². The molecule has 0 amide bonds. The van der Waals surface area contributed by atoms with Gasteiger partial charge in [0.15, 0.2) is 0 Å². The quantitative estimate of drug-likeness (QED) is 0.627. The number of aryl methyl sites for hydroxylation is 1. The molecule has 0 aromatic carbocycles. The Hall–Kier alpha value is -1.32. The van der Waals surface area contributed by atoms with E-state index in [0.29, 0.717) is 0 Å². The Morgan fingerprint density at radius 2 is 2.38 bits per heavy atom. The fourth-order valence-electron chi connectivity index (χ4n) is 1.55. The van der Waals surface area contributed by atoms with Crippen molar-refractivity contribution in [3.05, 3.63) is 18.2 Å². The molecule has 1 aromatic rings. The Labute approximate surface area is 76.5 Å². The van der Waals surface area contributed by atoms with Crippen molar-refractivity contribution in [3.63, 3.8) is 0 Å². The Balaban J connectivity index is 2.30. The second-order valence-electron chi connectivity index (χ2n) is 3.50. The summed E-state index contributed by atoms with van der Waals surface area (Å²) in [6, 6.07) is 0. The number of nitrogens with zero attached hydrogens (tertiary/aromatic N) is 2. The summed E-state index contributed by atoms with van der Waals surface area (Å²) in [6.07, 6.45) is 5.30. The molecule has 0 bridgehead atoms. The van der Waals surface area contributed by atoms with E-state index in [1.807, 2.05) is 17.8 Å². The number of aromatic nitrogens is 2. The number of carbonyl (C=O) groups is 1. The summed E-state index contributed by atoms with van der Waals surface area (Å²) in [4.78, 5) is 15.6. The van der Waals surface area contributed by atoms with Crippen molar-refractivity contribution in [1.29, 1.82) is 0 Å². The van der Waals surface area contributed by atoms with E-state index in [4.69, 9.17) is 4.74 Å². The van der Waals surface area contributed by atoms with Gasteiger partial charge < -0.3 is 9.30 Å². The largest absolute Gasteiger partial charge is 0.468 e. The van der Waals surface area contributed by atoms with Gasteiger partial charge in [-0.15, -0.1) is 0 Å². The Kier molecular flexibility index (Phi) is 1.65. The van der Waals surface area contributed by atoms with Crippen molar-refractivity contribution in [3.8, 4) is 0 Å². The Bertz CT molecular complexity index is 339. The number of rotatable bonds is 2. The van der Waals surface area contributed by atoms with Gasteiger partial charge in [-0.1, -0.05) is 0 Å². The first-order chi connectivity index (χ1) is 6.19. The molecule has 0 saturated heterocycles. The molecule has 1 saturated carbocycles. The average molecular weight is 180 g/mol. The van der Waals surface area contributed by atoms with E-state index in [1.165, 1.54) is 7.11 Å². The molecule has 4 heteroatoms. The first kappa shape index (κ1) is 8.29. The van der Waals surface area contributed by atoms with Crippen LogP contribution in [0.4, 0.5) is 0 Å². The normalized spacial score (nSPS) is 18.3. The van der Waals surface area contributed by atoms with Crippen molar-refractivity contribution in [2.45, 2.75) is 18.3 Å². The zero-order valence-corrected chi connectivity index (χ0v) is 7.78. The third-order valence-corrected chi connectivity index (χ3v) is 2.52. The second kappa shape index (κ2) is 2.58. The smallest absolute Gasteiger partial charge is 0.317 e. The lowest BCUT2D eigenvalue weighted by Gasteiger charge is -2.08. The van der Waals surface area contributed by atoms with E-state index in [1.54, 1.807) is 6.33 Å². The molecule has 0 aliphatic heterocycles. The van der Waals surface area contributed by atoms with Gasteiger partial charge in [-0.25, -0.2) is 4.98 Å². The van der Waals surface area contributed by atoms with Crippen LogP contribution in [0, 0.1) is 0 Å². The van der Waals surface area contributed by atoms with E-state index in [-0.39, 0.29) is 5.97 Å². The number of imidazole rings is 1. The molecular formula is C9H12N2O2. The molecule has 1 heterocycles. The van der Waals surface area contributed by atoms with Crippen molar-refractivity contribution < 1.29 is 9.53 Å². The minimum Gasteiger partial charge on any atom is -0.468 e. The molecule has 70 valence electrons. The van der Waals surface area contributed by atoms with Gasteiger partial charge in [0.05, 0.1) is 19.1 Å². The van der Waals surface area contributed by atoms with Crippen LogP contribution in [0.5, 0.6) is 0 Å². The lowest BCUT2D eigenvalue weighted by atomic mass is 10.0. The third kappa shape index (κ3) is 1.13. The Morgan fingerprint density at radius 3 is 2.77 bits per heavy atom. The fourth-order valence-corrected chi connectivity index (χ4v) is 1.55. The summed E-state index contributed by atoms with van der Waals surface area (Å²) in [6.45, 7) is 0. The minimum atomic E-state index is -0.421. The molecule has 0 unspecified atom stereocenters. The predicted molar refractivity (Wildman–Crippen MR) is 46.1 cm³/mol. The molecular weight excluding hydrogens is 168 g/mol. The molecule has 0 radical (unpaired) electrons. The summed E-state index contributed by atoms with van der Waals surface area (Å²) in [5.41, 5.74) is 0.414. The number of hydrogen-bond donors (Lipinski definition) is 0. The topological polar surface area (TPSA) is 44.1 Å². The summed E-state index contributed by atoms with van der Waals surface area (Å²) >= 11 is 0. The maximum absolute atomic E-state index is 11.4. The molecule has 1 aliphatic rings. The van der Waals surface area contributed by atoms with Crippen LogP contribution in [-0.4, -0.2) is 22.6 Å². The third-order valence-electron chi connectivity index (χ3n) is 2.52. The average Bonchev–Trinajstić information content (AvgIpc) is 2.83. The highest BCUT2D eigenvalue weighted by Crippen LogP contribution is 2.48. The van der Waals surface area contributed by atoms with Crippen LogP contribution in [0.25, 0.3) is 0 Å². The SMILES string of the molecule is COC(=O)C1(c2cn(C)cn2)CC1. The standard InChI is InChI=1S/C9H12N2O2/c1-11-5-7(10-6-11)9(3-4-9)8(12)13-2/h5-6H,3-4H2,1-2H3. The van der Waals surface area contributed by atoms with E-state index >= 15 is 0 Å². The highest BCUT2D eigenvalue weighted by Gasteiger charge is 2.54. The molecule has 0 N–H and O–H groups in total. The fraction of sp³-hybridized carbons (Fsp3) is 0.556. The van der Waals surface area contributed by atoms with E-state index in [9.17, 15) is 4.79 Å². The van der Waals surface area contributed by atoms with Gasteiger partial charge in [0.25, 0.3) is 0 Å². The molecule has 0 spiro atoms. The highest BCUT2D eigenvalue weighted by atomic mass is 16.5. The summed E-state index contributed by atoms with van der Waals surface area (Å²) < 4.78 is 6.60. The van der Waals surface area contributed by atoms with Gasteiger partial charge in [0, 0.05) is 13.2 Å². The zero-order chi connectivity index (χ0) is 9.47. The van der Waals surface area contributed by atoms with Crippen LogP contribution in [0.1, 0.15) is 18.5 Å². The first-order valence-corrected chi connectivity index (χ1v) is 4.26. The molecule has 2 rings (SSSR count). The van der Waals surface area contributed by atoms with Crippen LogP contribution >= 0.6 is 0 Å². The molecule has 4 nitrogen and oxygen atoms in total. The van der Waals surface area contributed by atoms with Gasteiger partial charge in [0.1, 0.15) is 5.41 Å². The van der Waals surface area contributed by atoms with Gasteiger partial charge >= 0.3 is 5.97 Å². The number of methoxy groups -OCH3 is 1. The zero-order valence-electron chi connectivity index (χ0n) is 7.78. The maximum atomic E-state index is 11.4. The van der Waals surface area contributed by atoms with Crippen LogP contribution < -0.4 is 0 Å². The van der Waals surface area contributed by atoms with Gasteiger partial charge in [-0.3, -0.25) is 4.79 Å². The van der Waals surface area contributed by atoms with Crippen LogP contribution in [0.2, 0.25) is 0 Å².